The number of methoxy groups -OCH3 is 1. The van der Waals surface area contributed by atoms with E-state index in [1.54, 1.807) is 36.3 Å². The predicted octanol–water partition coefficient (Wildman–Crippen LogP) is 4.56. The van der Waals surface area contributed by atoms with Crippen LogP contribution >= 0.6 is 0 Å². The third-order valence-electron chi connectivity index (χ3n) is 3.84. The van der Waals surface area contributed by atoms with Gasteiger partial charge in [-0.25, -0.2) is 0 Å². The molecule has 0 N–H and O–H groups in total. The second kappa shape index (κ2) is 9.66. The highest BCUT2D eigenvalue weighted by Crippen LogP contribution is 2.29. The quantitative estimate of drug-likeness (QED) is 0.621. The molecule has 4 nitrogen and oxygen atoms in total. The van der Waals surface area contributed by atoms with E-state index in [-0.39, 0.29) is 5.91 Å². The predicted molar refractivity (Wildman–Crippen MR) is 105 cm³/mol. The molecule has 0 saturated carbocycles. The third-order valence-corrected chi connectivity index (χ3v) is 3.84. The number of hydrogen-bond donors (Lipinski definition) is 0. The number of hydrogen-bond acceptors (Lipinski definition) is 3. The molecule has 0 aromatic heterocycles. The number of amides is 1. The number of carbonyl (C=O) groups excluding carboxylic acids is 1. The second-order valence-electron chi connectivity index (χ2n) is 6.53. The van der Waals surface area contributed by atoms with Crippen molar-refractivity contribution in [1.82, 2.24) is 4.90 Å². The molecule has 0 fully saturated rings. The fourth-order valence-electron chi connectivity index (χ4n) is 2.54. The number of carbonyl (C=O) groups is 1. The maximum Gasteiger partial charge on any atom is 0.254 e. The summed E-state index contributed by atoms with van der Waals surface area (Å²) in [5, 5.41) is 0. The van der Waals surface area contributed by atoms with Crippen LogP contribution in [0.3, 0.4) is 0 Å². The van der Waals surface area contributed by atoms with Crippen LogP contribution in [0.4, 0.5) is 0 Å². The molecule has 0 spiro atoms. The minimum Gasteiger partial charge on any atom is -0.493 e. The van der Waals surface area contributed by atoms with Gasteiger partial charge < -0.3 is 14.4 Å². The molecule has 0 radical (unpaired) electrons. The molecule has 0 saturated heterocycles. The summed E-state index contributed by atoms with van der Waals surface area (Å²) in [6.07, 6.45) is 1.73. The zero-order valence-electron chi connectivity index (χ0n) is 15.8. The maximum atomic E-state index is 13.0. The average molecular weight is 353 g/mol. The van der Waals surface area contributed by atoms with Gasteiger partial charge in [-0.2, -0.15) is 0 Å². The first-order valence-corrected chi connectivity index (χ1v) is 8.80. The average Bonchev–Trinajstić information content (AvgIpc) is 2.66. The lowest BCUT2D eigenvalue weighted by molar-refractivity contribution is 0.0762. The van der Waals surface area contributed by atoms with Crippen molar-refractivity contribution in [2.24, 2.45) is 5.92 Å². The van der Waals surface area contributed by atoms with E-state index < -0.39 is 0 Å². The number of benzene rings is 2. The van der Waals surface area contributed by atoms with Crippen LogP contribution in [-0.4, -0.2) is 31.1 Å². The SMILES string of the molecule is C=CCN(Cc1ccccc1)C(=O)c1ccc(OCC(C)C)c(OC)c1. The van der Waals surface area contributed by atoms with Crippen molar-refractivity contribution in [2.45, 2.75) is 20.4 Å². The molecule has 0 aliphatic heterocycles. The molecule has 138 valence electrons. The van der Waals surface area contributed by atoms with Crippen molar-refractivity contribution in [2.75, 3.05) is 20.3 Å². The Bertz CT molecular complexity index is 725. The first-order valence-electron chi connectivity index (χ1n) is 8.80. The summed E-state index contributed by atoms with van der Waals surface area (Å²) in [5.41, 5.74) is 1.64. The Hall–Kier alpha value is -2.75. The number of nitrogens with zero attached hydrogens (tertiary/aromatic N) is 1. The molecule has 2 aromatic carbocycles. The molecular weight excluding hydrogens is 326 g/mol. The summed E-state index contributed by atoms with van der Waals surface area (Å²) in [6.45, 7) is 9.54. The van der Waals surface area contributed by atoms with Crippen molar-refractivity contribution in [3.8, 4) is 11.5 Å². The van der Waals surface area contributed by atoms with Gasteiger partial charge in [0.05, 0.1) is 13.7 Å². The molecule has 0 aliphatic rings. The van der Waals surface area contributed by atoms with E-state index in [4.69, 9.17) is 9.47 Å². The largest absolute Gasteiger partial charge is 0.493 e. The normalized spacial score (nSPS) is 10.5. The van der Waals surface area contributed by atoms with Crippen LogP contribution in [0, 0.1) is 5.92 Å². The smallest absolute Gasteiger partial charge is 0.254 e. The summed E-state index contributed by atoms with van der Waals surface area (Å²) in [7, 11) is 1.58. The Kier molecular flexibility index (Phi) is 7.27. The van der Waals surface area contributed by atoms with Crippen LogP contribution in [-0.2, 0) is 6.54 Å². The van der Waals surface area contributed by atoms with E-state index in [1.807, 2.05) is 30.3 Å². The molecule has 2 rings (SSSR count). The highest BCUT2D eigenvalue weighted by molar-refractivity contribution is 5.95. The van der Waals surface area contributed by atoms with Gasteiger partial charge in [0, 0.05) is 18.7 Å². The molecule has 26 heavy (non-hydrogen) atoms. The molecule has 0 unspecified atom stereocenters. The van der Waals surface area contributed by atoms with Gasteiger partial charge in [0.2, 0.25) is 0 Å². The summed E-state index contributed by atoms with van der Waals surface area (Å²) in [6, 6.07) is 15.2. The Labute approximate surface area is 156 Å². The Morgan fingerprint density at radius 1 is 1.15 bits per heavy atom. The molecule has 0 atom stereocenters. The minimum absolute atomic E-state index is 0.0672. The van der Waals surface area contributed by atoms with Gasteiger partial charge in [-0.3, -0.25) is 4.79 Å². The van der Waals surface area contributed by atoms with E-state index in [0.717, 1.165) is 5.56 Å². The van der Waals surface area contributed by atoms with Crippen LogP contribution < -0.4 is 9.47 Å². The zero-order chi connectivity index (χ0) is 18.9. The van der Waals surface area contributed by atoms with Gasteiger partial charge in [-0.15, -0.1) is 6.58 Å². The van der Waals surface area contributed by atoms with E-state index in [2.05, 4.69) is 20.4 Å². The lowest BCUT2D eigenvalue weighted by Gasteiger charge is -2.22. The fraction of sp³-hybridized carbons (Fsp3) is 0.318. The van der Waals surface area contributed by atoms with Gasteiger partial charge in [0.15, 0.2) is 11.5 Å². The molecule has 0 heterocycles. The summed E-state index contributed by atoms with van der Waals surface area (Å²) >= 11 is 0. The Morgan fingerprint density at radius 3 is 2.50 bits per heavy atom. The van der Waals surface area contributed by atoms with Crippen molar-refractivity contribution < 1.29 is 14.3 Å². The fourth-order valence-corrected chi connectivity index (χ4v) is 2.54. The second-order valence-corrected chi connectivity index (χ2v) is 6.53. The van der Waals surface area contributed by atoms with Gasteiger partial charge in [0.25, 0.3) is 5.91 Å². The highest BCUT2D eigenvalue weighted by atomic mass is 16.5. The minimum atomic E-state index is -0.0672. The summed E-state index contributed by atoms with van der Waals surface area (Å²) < 4.78 is 11.2. The molecule has 1 amide bonds. The van der Waals surface area contributed by atoms with E-state index in [1.165, 1.54) is 0 Å². The molecule has 0 aliphatic carbocycles. The summed E-state index contributed by atoms with van der Waals surface area (Å²) in [4.78, 5) is 14.7. The first kappa shape index (κ1) is 19.6. The van der Waals surface area contributed by atoms with Crippen molar-refractivity contribution >= 4 is 5.91 Å². The van der Waals surface area contributed by atoms with E-state index >= 15 is 0 Å². The lowest BCUT2D eigenvalue weighted by atomic mass is 10.1. The van der Waals surface area contributed by atoms with Gasteiger partial charge in [-0.05, 0) is 29.7 Å². The standard InChI is InChI=1S/C22H27NO3/c1-5-13-23(15-18-9-7-6-8-10-18)22(24)19-11-12-20(21(14-19)25-4)26-16-17(2)3/h5-12,14,17H,1,13,15-16H2,2-4H3. The first-order chi connectivity index (χ1) is 12.5. The van der Waals surface area contributed by atoms with Crippen LogP contribution in [0.2, 0.25) is 0 Å². The Balaban J connectivity index is 2.20. The monoisotopic (exact) mass is 353 g/mol. The van der Waals surface area contributed by atoms with E-state index in [0.29, 0.717) is 42.7 Å². The van der Waals surface area contributed by atoms with Crippen LogP contribution in [0.15, 0.2) is 61.2 Å². The highest BCUT2D eigenvalue weighted by Gasteiger charge is 2.17. The van der Waals surface area contributed by atoms with Crippen LogP contribution in [0.5, 0.6) is 11.5 Å². The maximum absolute atomic E-state index is 13.0. The number of ether oxygens (including phenoxy) is 2. The molecule has 0 bridgehead atoms. The van der Waals surface area contributed by atoms with E-state index in [9.17, 15) is 4.79 Å². The van der Waals surface area contributed by atoms with Crippen molar-refractivity contribution in [3.63, 3.8) is 0 Å². The van der Waals surface area contributed by atoms with Crippen molar-refractivity contribution in [3.05, 3.63) is 72.3 Å². The zero-order valence-corrected chi connectivity index (χ0v) is 15.8. The van der Waals surface area contributed by atoms with Crippen LogP contribution in [0.25, 0.3) is 0 Å². The topological polar surface area (TPSA) is 38.8 Å². The third kappa shape index (κ3) is 5.38. The van der Waals surface area contributed by atoms with Gasteiger partial charge >= 0.3 is 0 Å². The molecule has 4 heteroatoms. The van der Waals surface area contributed by atoms with Crippen LogP contribution in [0.1, 0.15) is 29.8 Å². The lowest BCUT2D eigenvalue weighted by Crippen LogP contribution is -2.30. The summed E-state index contributed by atoms with van der Waals surface area (Å²) in [5.74, 6) is 1.56. The van der Waals surface area contributed by atoms with Gasteiger partial charge in [0.1, 0.15) is 0 Å². The molecular formula is C22H27NO3. The Morgan fingerprint density at radius 2 is 1.88 bits per heavy atom. The number of rotatable bonds is 9. The molecule has 2 aromatic rings. The van der Waals surface area contributed by atoms with Gasteiger partial charge in [-0.1, -0.05) is 50.3 Å². The van der Waals surface area contributed by atoms with Crippen molar-refractivity contribution in [1.29, 1.82) is 0 Å².